The third-order valence-electron chi connectivity index (χ3n) is 6.02. The lowest BCUT2D eigenvalue weighted by molar-refractivity contribution is -0.164. The van der Waals surface area contributed by atoms with Gasteiger partial charge >= 0.3 is 5.97 Å². The van der Waals surface area contributed by atoms with Crippen LogP contribution >= 0.6 is 0 Å². The van der Waals surface area contributed by atoms with E-state index in [2.05, 4.69) is 26.6 Å². The first-order valence-corrected chi connectivity index (χ1v) is 10.2. The van der Waals surface area contributed by atoms with Crippen molar-refractivity contribution in [3.8, 4) is 0 Å². The first-order valence-electron chi connectivity index (χ1n) is 10.2. The summed E-state index contributed by atoms with van der Waals surface area (Å²) in [6.07, 6.45) is 6.53. The second-order valence-corrected chi connectivity index (χ2v) is 7.90. The van der Waals surface area contributed by atoms with Crippen LogP contribution in [-0.4, -0.2) is 56.4 Å². The molecule has 0 radical (unpaired) electrons. The first kappa shape index (κ1) is 20.6. The van der Waals surface area contributed by atoms with Crippen LogP contribution in [0.15, 0.2) is 42.7 Å². The molecule has 0 bridgehead atoms. The summed E-state index contributed by atoms with van der Waals surface area (Å²) in [6, 6.07) is 10.1. The van der Waals surface area contributed by atoms with Crippen LogP contribution in [-0.2, 0) is 17.8 Å². The third-order valence-corrected chi connectivity index (χ3v) is 6.02. The van der Waals surface area contributed by atoms with E-state index in [4.69, 9.17) is 0 Å². The van der Waals surface area contributed by atoms with Gasteiger partial charge in [-0.2, -0.15) is 0 Å². The Morgan fingerprint density at radius 3 is 2.71 bits per heavy atom. The van der Waals surface area contributed by atoms with Crippen LogP contribution < -0.4 is 0 Å². The van der Waals surface area contributed by atoms with Crippen molar-refractivity contribution in [1.82, 2.24) is 14.5 Å². The molecule has 1 aliphatic heterocycles. The van der Waals surface area contributed by atoms with E-state index in [1.807, 2.05) is 31.3 Å². The molecule has 6 heteroatoms. The third kappa shape index (κ3) is 4.80. The standard InChI is InChI=1S/C22H31N3O3/c1-18-23-12-16-25(18)14-6-13-24-15-10-20(26)22(17-24,21(27)28)11-5-9-19-7-3-2-4-8-19/h2-4,7-8,12,16,20,26H,5-6,9-11,13-15,17H2,1H3,(H,27,28)/t20-,22+/m0/s1. The molecule has 1 saturated heterocycles. The normalized spacial score (nSPS) is 23.0. The van der Waals surface area contributed by atoms with Crippen LogP contribution in [0, 0.1) is 12.3 Å². The zero-order valence-electron chi connectivity index (χ0n) is 16.6. The maximum Gasteiger partial charge on any atom is 0.313 e. The fourth-order valence-corrected chi connectivity index (χ4v) is 4.28. The van der Waals surface area contributed by atoms with Gasteiger partial charge in [0.25, 0.3) is 0 Å². The van der Waals surface area contributed by atoms with Crippen molar-refractivity contribution in [3.05, 3.63) is 54.1 Å². The van der Waals surface area contributed by atoms with Gasteiger partial charge in [0, 0.05) is 32.0 Å². The fraction of sp³-hybridized carbons (Fsp3) is 0.545. The number of aromatic nitrogens is 2. The van der Waals surface area contributed by atoms with Crippen molar-refractivity contribution in [3.63, 3.8) is 0 Å². The summed E-state index contributed by atoms with van der Waals surface area (Å²) in [5.41, 5.74) is 0.138. The number of hydrogen-bond acceptors (Lipinski definition) is 4. The Hall–Kier alpha value is -2.18. The van der Waals surface area contributed by atoms with Crippen molar-refractivity contribution in [2.24, 2.45) is 5.41 Å². The van der Waals surface area contributed by atoms with Gasteiger partial charge in [0.2, 0.25) is 0 Å². The highest BCUT2D eigenvalue weighted by molar-refractivity contribution is 5.76. The quantitative estimate of drug-likeness (QED) is 0.694. The number of benzene rings is 1. The summed E-state index contributed by atoms with van der Waals surface area (Å²) in [4.78, 5) is 18.6. The maximum absolute atomic E-state index is 12.2. The van der Waals surface area contributed by atoms with Crippen LogP contribution in [0.25, 0.3) is 0 Å². The Morgan fingerprint density at radius 2 is 2.04 bits per heavy atom. The largest absolute Gasteiger partial charge is 0.481 e. The number of carbonyl (C=O) groups is 1. The van der Waals surface area contributed by atoms with Crippen molar-refractivity contribution in [2.75, 3.05) is 19.6 Å². The molecule has 6 nitrogen and oxygen atoms in total. The summed E-state index contributed by atoms with van der Waals surface area (Å²) in [7, 11) is 0. The molecule has 1 aliphatic rings. The van der Waals surface area contributed by atoms with Crippen LogP contribution in [0.1, 0.15) is 37.1 Å². The number of carboxylic acids is 1. The minimum Gasteiger partial charge on any atom is -0.481 e. The van der Waals surface area contributed by atoms with E-state index in [0.717, 1.165) is 44.7 Å². The van der Waals surface area contributed by atoms with Gasteiger partial charge in [-0.3, -0.25) is 4.79 Å². The average Bonchev–Trinajstić information content (AvgIpc) is 3.09. The van der Waals surface area contributed by atoms with Gasteiger partial charge < -0.3 is 19.7 Å². The lowest BCUT2D eigenvalue weighted by atomic mass is 9.73. The summed E-state index contributed by atoms with van der Waals surface area (Å²) in [6.45, 7) is 4.86. The molecule has 0 aliphatic carbocycles. The second kappa shape index (κ2) is 9.34. The number of aliphatic hydroxyl groups is 1. The topological polar surface area (TPSA) is 78.6 Å². The number of aliphatic carboxylic acids is 1. The monoisotopic (exact) mass is 385 g/mol. The molecule has 28 heavy (non-hydrogen) atoms. The highest BCUT2D eigenvalue weighted by Gasteiger charge is 2.48. The van der Waals surface area contributed by atoms with E-state index in [9.17, 15) is 15.0 Å². The Labute approximate surface area is 166 Å². The minimum atomic E-state index is -1.07. The van der Waals surface area contributed by atoms with Gasteiger partial charge in [0.1, 0.15) is 11.2 Å². The van der Waals surface area contributed by atoms with E-state index in [1.54, 1.807) is 6.20 Å². The van der Waals surface area contributed by atoms with Gasteiger partial charge in [-0.1, -0.05) is 30.3 Å². The predicted octanol–water partition coefficient (Wildman–Crippen LogP) is 2.74. The number of nitrogens with zero attached hydrogens (tertiary/aromatic N) is 3. The van der Waals surface area contributed by atoms with E-state index >= 15 is 0 Å². The van der Waals surface area contributed by atoms with Gasteiger partial charge in [0.15, 0.2) is 0 Å². The molecule has 2 heterocycles. The van der Waals surface area contributed by atoms with Gasteiger partial charge in [-0.25, -0.2) is 4.98 Å². The highest BCUT2D eigenvalue weighted by Crippen LogP contribution is 2.36. The predicted molar refractivity (Wildman–Crippen MR) is 108 cm³/mol. The van der Waals surface area contributed by atoms with Crippen molar-refractivity contribution in [2.45, 2.75) is 51.7 Å². The van der Waals surface area contributed by atoms with Crippen LogP contribution in [0.5, 0.6) is 0 Å². The van der Waals surface area contributed by atoms with Crippen molar-refractivity contribution >= 4 is 5.97 Å². The molecule has 0 unspecified atom stereocenters. The summed E-state index contributed by atoms with van der Waals surface area (Å²) in [5.74, 6) is 0.123. The van der Waals surface area contributed by atoms with Gasteiger partial charge in [-0.05, 0) is 51.1 Å². The van der Waals surface area contributed by atoms with E-state index < -0.39 is 17.5 Å². The molecule has 1 fully saturated rings. The Morgan fingerprint density at radius 1 is 1.25 bits per heavy atom. The van der Waals surface area contributed by atoms with Crippen molar-refractivity contribution in [1.29, 1.82) is 0 Å². The van der Waals surface area contributed by atoms with Crippen LogP contribution in [0.2, 0.25) is 0 Å². The molecule has 1 aromatic heterocycles. The zero-order chi connectivity index (χ0) is 20.0. The average molecular weight is 386 g/mol. The number of imidazole rings is 1. The summed E-state index contributed by atoms with van der Waals surface area (Å²) < 4.78 is 2.11. The zero-order valence-corrected chi connectivity index (χ0v) is 16.6. The summed E-state index contributed by atoms with van der Waals surface area (Å²) >= 11 is 0. The Bertz CT molecular complexity index is 761. The molecule has 0 amide bonds. The Balaban J connectivity index is 1.57. The molecule has 2 aromatic rings. The van der Waals surface area contributed by atoms with E-state index in [-0.39, 0.29) is 0 Å². The van der Waals surface area contributed by atoms with Gasteiger partial charge in [0.05, 0.1) is 6.10 Å². The molecule has 1 aromatic carbocycles. The summed E-state index contributed by atoms with van der Waals surface area (Å²) in [5, 5.41) is 20.6. The van der Waals surface area contributed by atoms with Gasteiger partial charge in [-0.15, -0.1) is 0 Å². The molecular weight excluding hydrogens is 354 g/mol. The second-order valence-electron chi connectivity index (χ2n) is 7.90. The lowest BCUT2D eigenvalue weighted by Gasteiger charge is -2.43. The minimum absolute atomic E-state index is 0.418. The lowest BCUT2D eigenvalue weighted by Crippen LogP contribution is -2.56. The number of carboxylic acid groups (broad SMARTS) is 1. The van der Waals surface area contributed by atoms with Crippen molar-refractivity contribution < 1.29 is 15.0 Å². The Kier molecular flexibility index (Phi) is 6.86. The molecule has 2 atom stereocenters. The van der Waals surface area contributed by atoms with E-state index in [1.165, 1.54) is 5.56 Å². The fourth-order valence-electron chi connectivity index (χ4n) is 4.28. The highest BCUT2D eigenvalue weighted by atomic mass is 16.4. The smallest absolute Gasteiger partial charge is 0.313 e. The van der Waals surface area contributed by atoms with Crippen LogP contribution in [0.3, 0.4) is 0 Å². The molecule has 0 saturated carbocycles. The van der Waals surface area contributed by atoms with E-state index in [0.29, 0.717) is 19.4 Å². The maximum atomic E-state index is 12.2. The SMILES string of the molecule is Cc1nccn1CCCN1CC[C@H](O)[C@](CCCc2ccccc2)(C(=O)O)C1. The van der Waals surface area contributed by atoms with Crippen LogP contribution in [0.4, 0.5) is 0 Å². The first-order chi connectivity index (χ1) is 13.5. The molecule has 2 N–H and O–H groups in total. The number of piperidine rings is 1. The molecule has 3 rings (SSSR count). The molecule has 0 spiro atoms. The number of aliphatic hydroxyl groups excluding tert-OH is 1. The number of rotatable bonds is 9. The molecular formula is C22H31N3O3. The number of aryl methyl sites for hydroxylation is 3. The number of hydrogen-bond donors (Lipinski definition) is 2. The molecule has 152 valence electrons. The number of likely N-dealkylation sites (tertiary alicyclic amines) is 1.